The molecule has 0 unspecified atom stereocenters. The number of hydrogen-bond donors (Lipinski definition) is 2. The zero-order valence-electron chi connectivity index (χ0n) is 11.8. The zero-order valence-corrected chi connectivity index (χ0v) is 11.8. The number of rotatable bonds is 6. The molecule has 2 N–H and O–H groups in total. The highest BCUT2D eigenvalue weighted by molar-refractivity contribution is 5.94. The van der Waals surface area contributed by atoms with E-state index in [0.29, 0.717) is 12.1 Å². The van der Waals surface area contributed by atoms with Crippen molar-refractivity contribution in [3.05, 3.63) is 66.0 Å². The molecule has 0 spiro atoms. The summed E-state index contributed by atoms with van der Waals surface area (Å²) in [6.45, 7) is 0. The molecule has 5 heteroatoms. The van der Waals surface area contributed by atoms with Gasteiger partial charge in [0.25, 0.3) is 0 Å². The molecule has 114 valence electrons. The predicted octanol–water partition coefficient (Wildman–Crippen LogP) is 3.10. The van der Waals surface area contributed by atoms with E-state index in [0.717, 1.165) is 5.56 Å². The van der Waals surface area contributed by atoms with Crippen LogP contribution in [0.2, 0.25) is 0 Å². The molecule has 0 saturated heterocycles. The van der Waals surface area contributed by atoms with Crippen molar-refractivity contribution in [1.82, 2.24) is 0 Å². The van der Waals surface area contributed by atoms with Gasteiger partial charge in [-0.25, -0.2) is 4.39 Å². The molecule has 0 radical (unpaired) electrons. The van der Waals surface area contributed by atoms with E-state index in [4.69, 9.17) is 5.11 Å². The van der Waals surface area contributed by atoms with Crippen LogP contribution in [0.4, 0.5) is 10.1 Å². The Morgan fingerprint density at radius 3 is 2.27 bits per heavy atom. The quantitative estimate of drug-likeness (QED) is 0.861. The SMILES string of the molecule is O=C(O)C[C@H](Cc1ccccc1)C(=O)Nc1ccc(F)cc1. The number of aliphatic carboxylic acids is 1. The first-order valence-corrected chi connectivity index (χ1v) is 6.87. The largest absolute Gasteiger partial charge is 0.481 e. The Labute approximate surface area is 127 Å². The molecule has 0 fully saturated rings. The molecule has 0 heterocycles. The molecule has 0 aliphatic rings. The highest BCUT2D eigenvalue weighted by Crippen LogP contribution is 2.16. The maximum absolute atomic E-state index is 12.9. The molecule has 0 bridgehead atoms. The topological polar surface area (TPSA) is 66.4 Å². The summed E-state index contributed by atoms with van der Waals surface area (Å²) in [6, 6.07) is 14.6. The average Bonchev–Trinajstić information content (AvgIpc) is 2.49. The summed E-state index contributed by atoms with van der Waals surface area (Å²) in [6.07, 6.45) is 0.0715. The first kappa shape index (κ1) is 15.7. The Morgan fingerprint density at radius 1 is 1.05 bits per heavy atom. The van der Waals surface area contributed by atoms with Gasteiger partial charge in [-0.05, 0) is 36.2 Å². The number of nitrogens with one attached hydrogen (secondary N) is 1. The number of carboxylic acid groups (broad SMARTS) is 1. The van der Waals surface area contributed by atoms with E-state index in [1.54, 1.807) is 0 Å². The first-order chi connectivity index (χ1) is 10.5. The van der Waals surface area contributed by atoms with Crippen LogP contribution in [-0.2, 0) is 16.0 Å². The average molecular weight is 301 g/mol. The van der Waals surface area contributed by atoms with E-state index >= 15 is 0 Å². The minimum absolute atomic E-state index is 0.262. The van der Waals surface area contributed by atoms with Gasteiger partial charge in [0, 0.05) is 5.69 Å². The monoisotopic (exact) mass is 301 g/mol. The van der Waals surface area contributed by atoms with Crippen LogP contribution in [0.1, 0.15) is 12.0 Å². The van der Waals surface area contributed by atoms with Crippen molar-refractivity contribution in [1.29, 1.82) is 0 Å². The molecule has 1 amide bonds. The molecule has 0 aliphatic heterocycles. The molecule has 0 aromatic heterocycles. The van der Waals surface area contributed by atoms with Crippen molar-refractivity contribution in [3.8, 4) is 0 Å². The molecule has 0 aliphatic carbocycles. The standard InChI is InChI=1S/C17H16FNO3/c18-14-6-8-15(9-7-14)19-17(22)13(11-16(20)21)10-12-4-2-1-3-5-12/h1-9,13H,10-11H2,(H,19,22)(H,20,21)/t13-/m0/s1. The summed E-state index contributed by atoms with van der Waals surface area (Å²) >= 11 is 0. The second-order valence-corrected chi connectivity index (χ2v) is 4.98. The van der Waals surface area contributed by atoms with E-state index in [2.05, 4.69) is 5.32 Å². The van der Waals surface area contributed by atoms with Crippen LogP contribution in [0.3, 0.4) is 0 Å². The van der Waals surface area contributed by atoms with Crippen molar-refractivity contribution in [3.63, 3.8) is 0 Å². The van der Waals surface area contributed by atoms with Gasteiger partial charge in [-0.2, -0.15) is 0 Å². The Morgan fingerprint density at radius 2 is 1.68 bits per heavy atom. The lowest BCUT2D eigenvalue weighted by Crippen LogP contribution is -2.27. The van der Waals surface area contributed by atoms with Gasteiger partial charge in [0.2, 0.25) is 5.91 Å². The van der Waals surface area contributed by atoms with Crippen molar-refractivity contribution in [2.24, 2.45) is 5.92 Å². The molecule has 2 aromatic carbocycles. The number of amides is 1. The molecule has 22 heavy (non-hydrogen) atoms. The van der Waals surface area contributed by atoms with Crippen molar-refractivity contribution in [2.45, 2.75) is 12.8 Å². The summed E-state index contributed by atoms with van der Waals surface area (Å²) in [4.78, 5) is 23.2. The summed E-state index contributed by atoms with van der Waals surface area (Å²) in [5.41, 5.74) is 1.33. The van der Waals surface area contributed by atoms with Gasteiger partial charge in [-0.15, -0.1) is 0 Å². The van der Waals surface area contributed by atoms with Crippen molar-refractivity contribution < 1.29 is 19.1 Å². The van der Waals surface area contributed by atoms with Crippen LogP contribution in [0.5, 0.6) is 0 Å². The van der Waals surface area contributed by atoms with Crippen LogP contribution in [0.25, 0.3) is 0 Å². The third kappa shape index (κ3) is 4.70. The summed E-state index contributed by atoms with van der Waals surface area (Å²) in [7, 11) is 0. The maximum atomic E-state index is 12.9. The van der Waals surface area contributed by atoms with Crippen LogP contribution in [0.15, 0.2) is 54.6 Å². The summed E-state index contributed by atoms with van der Waals surface area (Å²) < 4.78 is 12.9. The first-order valence-electron chi connectivity index (χ1n) is 6.87. The molecule has 2 aromatic rings. The van der Waals surface area contributed by atoms with E-state index in [-0.39, 0.29) is 6.42 Å². The normalized spacial score (nSPS) is 11.7. The molecular weight excluding hydrogens is 285 g/mol. The number of halogens is 1. The molecular formula is C17H16FNO3. The number of carbonyl (C=O) groups excluding carboxylic acids is 1. The maximum Gasteiger partial charge on any atom is 0.304 e. The minimum Gasteiger partial charge on any atom is -0.481 e. The number of hydrogen-bond acceptors (Lipinski definition) is 2. The van der Waals surface area contributed by atoms with E-state index in [9.17, 15) is 14.0 Å². The summed E-state index contributed by atoms with van der Waals surface area (Å²) in [5.74, 6) is -2.51. The van der Waals surface area contributed by atoms with Crippen LogP contribution in [-0.4, -0.2) is 17.0 Å². The third-order valence-electron chi connectivity index (χ3n) is 3.23. The van der Waals surface area contributed by atoms with Gasteiger partial charge in [-0.3, -0.25) is 9.59 Å². The third-order valence-corrected chi connectivity index (χ3v) is 3.23. The van der Waals surface area contributed by atoms with Gasteiger partial charge >= 0.3 is 5.97 Å². The van der Waals surface area contributed by atoms with E-state index in [1.807, 2.05) is 30.3 Å². The minimum atomic E-state index is -1.03. The fraction of sp³-hybridized carbons (Fsp3) is 0.176. The highest BCUT2D eigenvalue weighted by Gasteiger charge is 2.22. The Bertz CT molecular complexity index is 641. The molecule has 0 saturated carbocycles. The fourth-order valence-corrected chi connectivity index (χ4v) is 2.14. The van der Waals surface area contributed by atoms with E-state index < -0.39 is 23.6 Å². The van der Waals surface area contributed by atoms with E-state index in [1.165, 1.54) is 24.3 Å². The number of benzene rings is 2. The lowest BCUT2D eigenvalue weighted by Gasteiger charge is -2.15. The van der Waals surface area contributed by atoms with Gasteiger partial charge in [0.15, 0.2) is 0 Å². The lowest BCUT2D eigenvalue weighted by molar-refractivity contribution is -0.140. The van der Waals surface area contributed by atoms with Crippen molar-refractivity contribution >= 4 is 17.6 Å². The Balaban J connectivity index is 2.08. The highest BCUT2D eigenvalue weighted by atomic mass is 19.1. The van der Waals surface area contributed by atoms with Crippen LogP contribution < -0.4 is 5.32 Å². The number of carbonyl (C=O) groups is 2. The van der Waals surface area contributed by atoms with Crippen LogP contribution in [0, 0.1) is 11.7 Å². The number of anilines is 1. The zero-order chi connectivity index (χ0) is 15.9. The second-order valence-electron chi connectivity index (χ2n) is 4.98. The second kappa shape index (κ2) is 7.36. The van der Waals surface area contributed by atoms with Crippen molar-refractivity contribution in [2.75, 3.05) is 5.32 Å². The molecule has 2 rings (SSSR count). The number of carboxylic acids is 1. The lowest BCUT2D eigenvalue weighted by atomic mass is 9.95. The Hall–Kier alpha value is -2.69. The fourth-order valence-electron chi connectivity index (χ4n) is 2.14. The molecule has 4 nitrogen and oxygen atoms in total. The van der Waals surface area contributed by atoms with Gasteiger partial charge in [0.05, 0.1) is 12.3 Å². The van der Waals surface area contributed by atoms with Gasteiger partial charge in [0.1, 0.15) is 5.82 Å². The smallest absolute Gasteiger partial charge is 0.304 e. The predicted molar refractivity (Wildman–Crippen MR) is 80.9 cm³/mol. The summed E-state index contributed by atoms with van der Waals surface area (Å²) in [5, 5.41) is 11.6. The van der Waals surface area contributed by atoms with Crippen LogP contribution >= 0.6 is 0 Å². The van der Waals surface area contributed by atoms with Gasteiger partial charge in [-0.1, -0.05) is 30.3 Å². The molecule has 1 atom stereocenters. The van der Waals surface area contributed by atoms with Gasteiger partial charge < -0.3 is 10.4 Å². The Kier molecular flexibility index (Phi) is 5.25.